The molecule has 1 rings (SSSR count). The Morgan fingerprint density at radius 2 is 2.06 bits per heavy atom. The van der Waals surface area contributed by atoms with Crippen molar-refractivity contribution in [3.63, 3.8) is 0 Å². The summed E-state index contributed by atoms with van der Waals surface area (Å²) in [4.78, 5) is 11.5. The fourth-order valence-electron chi connectivity index (χ4n) is 1.10. The van der Waals surface area contributed by atoms with E-state index in [1.54, 1.807) is 0 Å². The second-order valence-corrected chi connectivity index (χ2v) is 4.17. The van der Waals surface area contributed by atoms with Crippen molar-refractivity contribution < 1.29 is 13.6 Å². The summed E-state index contributed by atoms with van der Waals surface area (Å²) in [6, 6.07) is 5.23. The van der Waals surface area contributed by atoms with Crippen molar-refractivity contribution in [2.75, 3.05) is 0 Å². The van der Waals surface area contributed by atoms with Gasteiger partial charge in [-0.2, -0.15) is 5.26 Å². The van der Waals surface area contributed by atoms with E-state index < -0.39 is 23.0 Å². The molecule has 0 aliphatic heterocycles. The fraction of sp³-hybridized carbons (Fsp3) is 0.333. The second-order valence-electron chi connectivity index (χ2n) is 4.17. The van der Waals surface area contributed by atoms with Gasteiger partial charge in [-0.15, -0.1) is 0 Å². The van der Waals surface area contributed by atoms with Gasteiger partial charge in [-0.25, -0.2) is 8.78 Å². The van der Waals surface area contributed by atoms with Gasteiger partial charge >= 0.3 is 0 Å². The molecule has 0 atom stereocenters. The fourth-order valence-corrected chi connectivity index (χ4v) is 1.10. The summed E-state index contributed by atoms with van der Waals surface area (Å²) in [5.41, 5.74) is -0.704. The number of nitriles is 1. The maximum atomic E-state index is 12.9. The van der Waals surface area contributed by atoms with Crippen LogP contribution >= 0.6 is 0 Å². The van der Waals surface area contributed by atoms with Gasteiger partial charge < -0.3 is 5.32 Å². The van der Waals surface area contributed by atoms with E-state index in [0.717, 1.165) is 12.1 Å². The number of amides is 1. The quantitative estimate of drug-likeness (QED) is 0.877. The zero-order valence-corrected chi connectivity index (χ0v) is 9.55. The highest BCUT2D eigenvalue weighted by molar-refractivity contribution is 5.84. The van der Waals surface area contributed by atoms with E-state index in [-0.39, 0.29) is 6.54 Å². The standard InChI is InChI=1S/C12H12F2N2O/c1-12(2,7-15)11(17)16-6-8-3-4-9(13)10(14)5-8/h3-5H,6H2,1-2H3,(H,16,17). The first-order valence-corrected chi connectivity index (χ1v) is 5.00. The van der Waals surface area contributed by atoms with Gasteiger partial charge in [0.05, 0.1) is 6.07 Å². The van der Waals surface area contributed by atoms with Crippen LogP contribution in [0.2, 0.25) is 0 Å². The van der Waals surface area contributed by atoms with E-state index in [0.29, 0.717) is 5.56 Å². The number of halogens is 2. The van der Waals surface area contributed by atoms with Crippen LogP contribution in [0.4, 0.5) is 8.78 Å². The molecule has 0 aromatic heterocycles. The van der Waals surface area contributed by atoms with Crippen LogP contribution in [0.5, 0.6) is 0 Å². The van der Waals surface area contributed by atoms with Crippen LogP contribution in [0.3, 0.4) is 0 Å². The molecule has 1 amide bonds. The van der Waals surface area contributed by atoms with Gasteiger partial charge in [0.2, 0.25) is 5.91 Å². The van der Waals surface area contributed by atoms with Crippen molar-refractivity contribution in [3.05, 3.63) is 35.4 Å². The SMILES string of the molecule is CC(C)(C#N)C(=O)NCc1ccc(F)c(F)c1. The Labute approximate surface area is 98.1 Å². The molecular weight excluding hydrogens is 226 g/mol. The molecule has 0 unspecified atom stereocenters. The van der Waals surface area contributed by atoms with Crippen LogP contribution in [-0.4, -0.2) is 5.91 Å². The van der Waals surface area contributed by atoms with Gasteiger partial charge in [0.25, 0.3) is 0 Å². The summed E-state index contributed by atoms with van der Waals surface area (Å²) in [7, 11) is 0. The Balaban J connectivity index is 2.66. The number of rotatable bonds is 3. The zero-order chi connectivity index (χ0) is 13.1. The van der Waals surface area contributed by atoms with Gasteiger partial charge in [0, 0.05) is 6.54 Å². The monoisotopic (exact) mass is 238 g/mol. The Morgan fingerprint density at radius 3 is 2.59 bits per heavy atom. The van der Waals surface area contributed by atoms with Gasteiger partial charge in [-0.1, -0.05) is 6.07 Å². The van der Waals surface area contributed by atoms with Crippen molar-refractivity contribution in [3.8, 4) is 6.07 Å². The smallest absolute Gasteiger partial charge is 0.240 e. The molecule has 0 fully saturated rings. The third kappa shape index (κ3) is 3.25. The Bertz CT molecular complexity index is 478. The first-order chi connectivity index (χ1) is 7.86. The Hall–Kier alpha value is -1.96. The Kier molecular flexibility index (Phi) is 3.79. The zero-order valence-electron chi connectivity index (χ0n) is 9.55. The minimum absolute atomic E-state index is 0.0567. The molecule has 0 aliphatic carbocycles. The van der Waals surface area contributed by atoms with Crippen LogP contribution < -0.4 is 5.32 Å². The van der Waals surface area contributed by atoms with E-state index in [9.17, 15) is 13.6 Å². The lowest BCUT2D eigenvalue weighted by Gasteiger charge is -2.14. The highest BCUT2D eigenvalue weighted by Gasteiger charge is 2.26. The maximum absolute atomic E-state index is 12.9. The van der Waals surface area contributed by atoms with E-state index in [1.807, 2.05) is 6.07 Å². The number of carbonyl (C=O) groups is 1. The number of hydrogen-bond donors (Lipinski definition) is 1. The molecule has 3 nitrogen and oxygen atoms in total. The third-order valence-electron chi connectivity index (χ3n) is 2.28. The molecule has 0 aliphatic rings. The molecule has 0 spiro atoms. The van der Waals surface area contributed by atoms with Crippen molar-refractivity contribution in [2.24, 2.45) is 5.41 Å². The summed E-state index contributed by atoms with van der Waals surface area (Å²) in [5, 5.41) is 11.2. The average molecular weight is 238 g/mol. The number of nitrogens with zero attached hydrogens (tertiary/aromatic N) is 1. The van der Waals surface area contributed by atoms with Crippen LogP contribution in [-0.2, 0) is 11.3 Å². The number of carbonyl (C=O) groups excluding carboxylic acids is 1. The summed E-state index contributed by atoms with van der Waals surface area (Å²) < 4.78 is 25.5. The molecule has 1 aromatic carbocycles. The van der Waals surface area contributed by atoms with Crippen molar-refractivity contribution >= 4 is 5.91 Å². The number of nitrogens with one attached hydrogen (secondary N) is 1. The Morgan fingerprint density at radius 1 is 1.41 bits per heavy atom. The van der Waals surface area contributed by atoms with Crippen LogP contribution in [0.25, 0.3) is 0 Å². The van der Waals surface area contributed by atoms with Crippen LogP contribution in [0.15, 0.2) is 18.2 Å². The molecular formula is C12H12F2N2O. The molecule has 5 heteroatoms. The first-order valence-electron chi connectivity index (χ1n) is 5.00. The molecule has 90 valence electrons. The van der Waals surface area contributed by atoms with Crippen LogP contribution in [0, 0.1) is 28.4 Å². The molecule has 0 bridgehead atoms. The largest absolute Gasteiger partial charge is 0.351 e. The molecule has 1 N–H and O–H groups in total. The lowest BCUT2D eigenvalue weighted by molar-refractivity contribution is -0.126. The minimum atomic E-state index is -1.14. The lowest BCUT2D eigenvalue weighted by Crippen LogP contribution is -2.35. The van der Waals surface area contributed by atoms with E-state index in [1.165, 1.54) is 19.9 Å². The van der Waals surface area contributed by atoms with E-state index in [4.69, 9.17) is 5.26 Å². The normalized spacial score (nSPS) is 10.8. The second kappa shape index (κ2) is 4.91. The van der Waals surface area contributed by atoms with E-state index in [2.05, 4.69) is 5.32 Å². The number of hydrogen-bond acceptors (Lipinski definition) is 2. The van der Waals surface area contributed by atoms with E-state index >= 15 is 0 Å². The van der Waals surface area contributed by atoms with Gasteiger partial charge in [0.15, 0.2) is 11.6 Å². The predicted octanol–water partition coefficient (Wildman–Crippen LogP) is 2.13. The highest BCUT2D eigenvalue weighted by atomic mass is 19.2. The summed E-state index contributed by atoms with van der Waals surface area (Å²) in [6.45, 7) is 3.02. The molecule has 0 saturated heterocycles. The topological polar surface area (TPSA) is 52.9 Å². The number of benzene rings is 1. The minimum Gasteiger partial charge on any atom is -0.351 e. The summed E-state index contributed by atoms with van der Waals surface area (Å²) >= 11 is 0. The van der Waals surface area contributed by atoms with Gasteiger partial charge in [-0.05, 0) is 31.5 Å². The molecule has 0 radical (unpaired) electrons. The van der Waals surface area contributed by atoms with Crippen molar-refractivity contribution in [2.45, 2.75) is 20.4 Å². The first kappa shape index (κ1) is 13.1. The summed E-state index contributed by atoms with van der Waals surface area (Å²) in [5.74, 6) is -2.35. The molecule has 0 saturated carbocycles. The molecule has 17 heavy (non-hydrogen) atoms. The highest BCUT2D eigenvalue weighted by Crippen LogP contribution is 2.14. The van der Waals surface area contributed by atoms with Crippen molar-refractivity contribution in [1.82, 2.24) is 5.32 Å². The van der Waals surface area contributed by atoms with Gasteiger partial charge in [-0.3, -0.25) is 4.79 Å². The summed E-state index contributed by atoms with van der Waals surface area (Å²) in [6.07, 6.45) is 0. The predicted molar refractivity (Wildman–Crippen MR) is 57.6 cm³/mol. The van der Waals surface area contributed by atoms with Gasteiger partial charge in [0.1, 0.15) is 5.41 Å². The average Bonchev–Trinajstić information content (AvgIpc) is 2.30. The molecule has 0 heterocycles. The third-order valence-corrected chi connectivity index (χ3v) is 2.28. The van der Waals surface area contributed by atoms with Crippen LogP contribution in [0.1, 0.15) is 19.4 Å². The maximum Gasteiger partial charge on any atom is 0.240 e. The molecule has 1 aromatic rings. The van der Waals surface area contributed by atoms with Crippen molar-refractivity contribution in [1.29, 1.82) is 5.26 Å². The lowest BCUT2D eigenvalue weighted by atomic mass is 9.95.